The molecule has 1 saturated heterocycles. The number of aromatic hydroxyl groups is 2. The third kappa shape index (κ3) is 5.87. The van der Waals surface area contributed by atoms with Gasteiger partial charge < -0.3 is 49.2 Å². The lowest BCUT2D eigenvalue weighted by molar-refractivity contribution is -0.249. The maximum atomic E-state index is 13.8. The Morgan fingerprint density at radius 3 is 2.50 bits per heavy atom. The van der Waals surface area contributed by atoms with E-state index < -0.39 is 119 Å². The fourth-order valence-electron chi connectivity index (χ4n) is 6.16. The Balaban J connectivity index is 1.52. The van der Waals surface area contributed by atoms with E-state index in [1.807, 2.05) is 0 Å². The van der Waals surface area contributed by atoms with Crippen molar-refractivity contribution in [1.29, 1.82) is 0 Å². The van der Waals surface area contributed by atoms with Crippen LogP contribution in [0.5, 0.6) is 17.2 Å². The van der Waals surface area contributed by atoms with Gasteiger partial charge >= 0.3 is 6.09 Å². The standard InChI is InChI=1S/C30H33NO14S/c1-12-24(33)16(31-29(38)43-7-8-46(40)41)9-19(44-12)45-18-11-30(39,13(2)32)10-15-21(18)28(37)23-22(26(15)35)25(34)14-5-4-6-17(42-3)20(14)27(23)36/h4-6,12,16,18-19,24,33,35,37,39H,7-11H2,1-3H3,(H,31,38)(H,40,41)/p-1/t12?,16?,18-,19?,24?,30-/m0/s1. The Morgan fingerprint density at radius 2 is 1.85 bits per heavy atom. The van der Waals surface area contributed by atoms with Crippen molar-refractivity contribution in [3.05, 3.63) is 51.6 Å². The van der Waals surface area contributed by atoms with E-state index >= 15 is 0 Å². The van der Waals surface area contributed by atoms with Gasteiger partial charge in [-0.1, -0.05) is 23.2 Å². The van der Waals surface area contributed by atoms with Gasteiger partial charge in [-0.2, -0.15) is 0 Å². The number of hydrogen-bond acceptors (Lipinski definition) is 14. The SMILES string of the molecule is COc1cccc2c1C(=O)c1c(O)c3c(c(O)c1C2=O)C[C@@](O)(C(C)=O)C[C@@H]3OC1CC(NC(=O)OCCS(=O)[O-])C(O)C(C)O1. The van der Waals surface area contributed by atoms with Crippen LogP contribution in [0.1, 0.15) is 75.8 Å². The van der Waals surface area contributed by atoms with Gasteiger partial charge in [0, 0.05) is 41.7 Å². The lowest BCUT2D eigenvalue weighted by Gasteiger charge is -2.42. The second-order valence-electron chi connectivity index (χ2n) is 11.4. The van der Waals surface area contributed by atoms with Crippen LogP contribution in [-0.4, -0.2) is 102 Å². The van der Waals surface area contributed by atoms with Crippen molar-refractivity contribution in [3.63, 3.8) is 0 Å². The number of hydrogen-bond donors (Lipinski definition) is 5. The number of rotatable bonds is 8. The highest BCUT2D eigenvalue weighted by atomic mass is 32.2. The average molecular weight is 663 g/mol. The Kier molecular flexibility index (Phi) is 9.23. The van der Waals surface area contributed by atoms with E-state index in [1.54, 1.807) is 0 Å². The molecule has 5 rings (SSSR count). The number of phenols is 2. The van der Waals surface area contributed by atoms with Crippen LogP contribution in [0.15, 0.2) is 18.2 Å². The van der Waals surface area contributed by atoms with Crippen molar-refractivity contribution < 1.29 is 67.3 Å². The lowest BCUT2D eigenvalue weighted by Crippen LogP contribution is -2.55. The minimum absolute atomic E-state index is 0.0679. The van der Waals surface area contributed by atoms with E-state index in [-0.39, 0.29) is 34.4 Å². The topological polar surface area (TPSA) is 238 Å². The molecule has 3 aliphatic rings. The summed E-state index contributed by atoms with van der Waals surface area (Å²) in [6.45, 7) is 2.18. The van der Waals surface area contributed by atoms with Gasteiger partial charge in [0.25, 0.3) is 0 Å². The summed E-state index contributed by atoms with van der Waals surface area (Å²) < 4.78 is 43.5. The molecule has 248 valence electrons. The normalized spacial score (nSPS) is 27.6. The second-order valence-corrected chi connectivity index (χ2v) is 12.4. The van der Waals surface area contributed by atoms with Gasteiger partial charge in [-0.15, -0.1) is 0 Å². The first-order valence-corrected chi connectivity index (χ1v) is 15.5. The van der Waals surface area contributed by atoms with Gasteiger partial charge in [-0.3, -0.25) is 18.6 Å². The van der Waals surface area contributed by atoms with Crippen LogP contribution in [0.4, 0.5) is 4.79 Å². The molecule has 15 nitrogen and oxygen atoms in total. The molecule has 46 heavy (non-hydrogen) atoms. The largest absolute Gasteiger partial charge is 0.772 e. The highest BCUT2D eigenvalue weighted by molar-refractivity contribution is 7.79. The smallest absolute Gasteiger partial charge is 0.407 e. The number of ketones is 3. The number of carbonyl (C=O) groups is 4. The van der Waals surface area contributed by atoms with Crippen molar-refractivity contribution in [2.45, 2.75) is 69.4 Å². The fraction of sp³-hybridized carbons (Fsp3) is 0.467. The van der Waals surface area contributed by atoms with E-state index in [9.17, 15) is 48.4 Å². The first kappa shape index (κ1) is 33.4. The number of carbonyl (C=O) groups excluding carboxylic acids is 4. The van der Waals surface area contributed by atoms with Crippen LogP contribution in [0.25, 0.3) is 0 Å². The molecule has 1 heterocycles. The van der Waals surface area contributed by atoms with Crippen molar-refractivity contribution in [2.24, 2.45) is 0 Å². The van der Waals surface area contributed by atoms with Gasteiger partial charge in [-0.25, -0.2) is 4.79 Å². The minimum atomic E-state index is -2.43. The summed E-state index contributed by atoms with van der Waals surface area (Å²) in [6, 6.07) is 3.29. The number of amides is 1. The molecular weight excluding hydrogens is 630 g/mol. The molecular formula is C30H32NO14S-. The summed E-state index contributed by atoms with van der Waals surface area (Å²) in [5.41, 5.74) is -3.65. The van der Waals surface area contributed by atoms with Crippen molar-refractivity contribution >= 4 is 34.5 Å². The van der Waals surface area contributed by atoms with Crippen LogP contribution >= 0.6 is 0 Å². The molecule has 1 aliphatic heterocycles. The monoisotopic (exact) mass is 662 g/mol. The molecule has 2 aliphatic carbocycles. The molecule has 5 N–H and O–H groups in total. The second kappa shape index (κ2) is 12.7. The number of methoxy groups -OCH3 is 1. The number of Topliss-reactive ketones (excluding diaryl/α,β-unsaturated/α-hetero) is 1. The average Bonchev–Trinajstić information content (AvgIpc) is 2.99. The molecule has 2 aromatic rings. The maximum absolute atomic E-state index is 13.8. The van der Waals surface area contributed by atoms with E-state index in [1.165, 1.54) is 32.2 Å². The van der Waals surface area contributed by atoms with E-state index in [2.05, 4.69) is 5.32 Å². The van der Waals surface area contributed by atoms with Crippen molar-refractivity contribution in [1.82, 2.24) is 5.32 Å². The highest BCUT2D eigenvalue weighted by Gasteiger charge is 2.49. The molecule has 0 aromatic heterocycles. The first-order valence-electron chi connectivity index (χ1n) is 14.3. The third-order valence-corrected chi connectivity index (χ3v) is 9.04. The zero-order valence-corrected chi connectivity index (χ0v) is 25.8. The third-order valence-electron chi connectivity index (χ3n) is 8.54. The molecule has 0 radical (unpaired) electrons. The molecule has 5 unspecified atom stereocenters. The Labute approximate surface area is 264 Å². The first-order chi connectivity index (χ1) is 21.7. The molecule has 0 spiro atoms. The number of aliphatic hydroxyl groups excluding tert-OH is 1. The van der Waals surface area contributed by atoms with Crippen LogP contribution < -0.4 is 10.1 Å². The number of nitrogens with one attached hydrogen (secondary N) is 1. The van der Waals surface area contributed by atoms with Crippen LogP contribution in [0.3, 0.4) is 0 Å². The number of ether oxygens (including phenoxy) is 4. The molecule has 0 bridgehead atoms. The van der Waals surface area contributed by atoms with Crippen LogP contribution in [0, 0.1) is 0 Å². The molecule has 7 atom stereocenters. The van der Waals surface area contributed by atoms with Gasteiger partial charge in [-0.05, 0) is 19.9 Å². The minimum Gasteiger partial charge on any atom is -0.772 e. The molecule has 0 saturated carbocycles. The quantitative estimate of drug-likeness (QED) is 0.165. The number of benzene rings is 2. The van der Waals surface area contributed by atoms with Crippen molar-refractivity contribution in [3.8, 4) is 17.2 Å². The van der Waals surface area contributed by atoms with Crippen LogP contribution in [0.2, 0.25) is 0 Å². The summed E-state index contributed by atoms with van der Waals surface area (Å²) in [7, 11) is 1.30. The predicted molar refractivity (Wildman–Crippen MR) is 154 cm³/mol. The van der Waals surface area contributed by atoms with E-state index in [4.69, 9.17) is 18.9 Å². The van der Waals surface area contributed by atoms with E-state index in [0.717, 1.165) is 6.92 Å². The molecule has 2 aromatic carbocycles. The molecule has 1 amide bonds. The summed E-state index contributed by atoms with van der Waals surface area (Å²) in [5.74, 6) is -4.07. The number of alkyl carbamates (subject to hydrolysis) is 1. The molecule has 16 heteroatoms. The molecule has 1 fully saturated rings. The van der Waals surface area contributed by atoms with Crippen molar-refractivity contribution in [2.75, 3.05) is 19.5 Å². The number of aliphatic hydroxyl groups is 2. The fourth-order valence-corrected chi connectivity index (χ4v) is 6.38. The summed E-state index contributed by atoms with van der Waals surface area (Å²) in [5, 5.41) is 47.5. The Bertz CT molecular complexity index is 1640. The van der Waals surface area contributed by atoms with Gasteiger partial charge in [0.1, 0.15) is 35.6 Å². The summed E-state index contributed by atoms with van der Waals surface area (Å²) in [4.78, 5) is 52.3. The van der Waals surface area contributed by atoms with Gasteiger partial charge in [0.2, 0.25) is 5.78 Å². The van der Waals surface area contributed by atoms with E-state index in [0.29, 0.717) is 0 Å². The number of phenolic OH excluding ortho intramolecular Hbond substituents is 2. The van der Waals surface area contributed by atoms with Gasteiger partial charge in [0.05, 0.1) is 42.0 Å². The Morgan fingerprint density at radius 1 is 1.15 bits per heavy atom. The Hall–Kier alpha value is -3.93. The lowest BCUT2D eigenvalue weighted by atomic mass is 9.72. The number of fused-ring (bicyclic) bond motifs is 3. The zero-order chi connectivity index (χ0) is 33.7. The highest BCUT2D eigenvalue weighted by Crippen LogP contribution is 2.52. The summed E-state index contributed by atoms with van der Waals surface area (Å²) >= 11 is -2.43. The zero-order valence-electron chi connectivity index (χ0n) is 24.9. The maximum Gasteiger partial charge on any atom is 0.407 e. The summed E-state index contributed by atoms with van der Waals surface area (Å²) in [6.07, 6.45) is -7.03. The van der Waals surface area contributed by atoms with Crippen LogP contribution in [-0.2, 0) is 36.5 Å². The predicted octanol–water partition coefficient (Wildman–Crippen LogP) is 0.675. The van der Waals surface area contributed by atoms with Gasteiger partial charge in [0.15, 0.2) is 17.9 Å².